The molecule has 0 spiro atoms. The quantitative estimate of drug-likeness (QED) is 0.701. The highest BCUT2D eigenvalue weighted by atomic mass is 16.5. The largest absolute Gasteiger partial charge is 0.352 e. The van der Waals surface area contributed by atoms with E-state index >= 15 is 0 Å². The van der Waals surface area contributed by atoms with Gasteiger partial charge in [-0.2, -0.15) is 0 Å². The van der Waals surface area contributed by atoms with Crippen LogP contribution in [0, 0.1) is 0 Å². The minimum atomic E-state index is -0.0106. The van der Waals surface area contributed by atoms with Gasteiger partial charge in [-0.05, 0) is 42.3 Å². The SMILES string of the molecule is CCc1ccc(-n2ccc([C@@H]3OCCN3c3ccccc3)c2)cc1. The Morgan fingerprint density at radius 3 is 2.50 bits per heavy atom. The van der Waals surface area contributed by atoms with Gasteiger partial charge in [-0.1, -0.05) is 37.3 Å². The highest BCUT2D eigenvalue weighted by Crippen LogP contribution is 2.32. The number of benzene rings is 2. The lowest BCUT2D eigenvalue weighted by molar-refractivity contribution is 0.114. The molecule has 24 heavy (non-hydrogen) atoms. The standard InChI is InChI=1S/C21H22N2O/c1-2-17-8-10-19(11-9-17)22-13-12-18(16-22)21-23(14-15-24-21)20-6-4-3-5-7-20/h3-13,16,21H,2,14-15H2,1H3/t21-/m0/s1. The van der Waals surface area contributed by atoms with Gasteiger partial charge < -0.3 is 14.2 Å². The molecule has 3 heteroatoms. The Morgan fingerprint density at radius 1 is 0.958 bits per heavy atom. The molecule has 0 amide bonds. The first-order valence-electron chi connectivity index (χ1n) is 8.55. The molecule has 0 saturated carbocycles. The van der Waals surface area contributed by atoms with Gasteiger partial charge in [0.15, 0.2) is 6.23 Å². The predicted octanol–water partition coefficient (Wildman–Crippen LogP) is 4.58. The molecule has 1 aliphatic rings. The van der Waals surface area contributed by atoms with E-state index < -0.39 is 0 Å². The van der Waals surface area contributed by atoms with Gasteiger partial charge in [0.2, 0.25) is 0 Å². The third kappa shape index (κ3) is 2.83. The molecule has 0 N–H and O–H groups in total. The van der Waals surface area contributed by atoms with Crippen LogP contribution in [0.25, 0.3) is 5.69 Å². The second kappa shape index (κ2) is 6.54. The van der Waals surface area contributed by atoms with Crippen LogP contribution in [0.15, 0.2) is 73.1 Å². The van der Waals surface area contributed by atoms with E-state index in [2.05, 4.69) is 83.4 Å². The van der Waals surface area contributed by atoms with Crippen molar-refractivity contribution in [2.45, 2.75) is 19.6 Å². The zero-order valence-electron chi connectivity index (χ0n) is 13.9. The van der Waals surface area contributed by atoms with Crippen molar-refractivity contribution in [1.82, 2.24) is 4.57 Å². The number of hydrogen-bond acceptors (Lipinski definition) is 2. The zero-order chi connectivity index (χ0) is 16.4. The van der Waals surface area contributed by atoms with Crippen LogP contribution >= 0.6 is 0 Å². The van der Waals surface area contributed by atoms with Gasteiger partial charge in [0.25, 0.3) is 0 Å². The highest BCUT2D eigenvalue weighted by Gasteiger charge is 2.27. The molecule has 3 aromatic rings. The molecule has 2 aromatic carbocycles. The zero-order valence-corrected chi connectivity index (χ0v) is 13.9. The summed E-state index contributed by atoms with van der Waals surface area (Å²) in [7, 11) is 0. The Labute approximate surface area is 143 Å². The van der Waals surface area contributed by atoms with E-state index in [0.717, 1.165) is 19.6 Å². The van der Waals surface area contributed by atoms with Crippen molar-refractivity contribution in [3.05, 3.63) is 84.2 Å². The van der Waals surface area contributed by atoms with E-state index in [9.17, 15) is 0 Å². The van der Waals surface area contributed by atoms with E-state index in [1.807, 2.05) is 6.07 Å². The lowest BCUT2D eigenvalue weighted by Gasteiger charge is -2.24. The number of ether oxygens (including phenoxy) is 1. The first kappa shape index (κ1) is 15.0. The molecule has 0 bridgehead atoms. The van der Waals surface area contributed by atoms with Crippen LogP contribution in [0.3, 0.4) is 0 Å². The maximum absolute atomic E-state index is 6.00. The topological polar surface area (TPSA) is 17.4 Å². The molecule has 1 atom stereocenters. The summed E-state index contributed by atoms with van der Waals surface area (Å²) in [6, 6.07) is 21.4. The van der Waals surface area contributed by atoms with Crippen molar-refractivity contribution in [2.75, 3.05) is 18.1 Å². The summed E-state index contributed by atoms with van der Waals surface area (Å²) >= 11 is 0. The van der Waals surface area contributed by atoms with Crippen LogP contribution in [0.1, 0.15) is 24.3 Å². The molecule has 3 nitrogen and oxygen atoms in total. The van der Waals surface area contributed by atoms with Gasteiger partial charge in [0.05, 0.1) is 6.61 Å². The lowest BCUT2D eigenvalue weighted by Crippen LogP contribution is -2.22. The molecule has 2 heterocycles. The van der Waals surface area contributed by atoms with Crippen LogP contribution in [-0.2, 0) is 11.2 Å². The predicted molar refractivity (Wildman–Crippen MR) is 97.6 cm³/mol. The minimum absolute atomic E-state index is 0.0106. The number of rotatable bonds is 4. The van der Waals surface area contributed by atoms with Crippen LogP contribution in [0.4, 0.5) is 5.69 Å². The number of hydrogen-bond donors (Lipinski definition) is 0. The van der Waals surface area contributed by atoms with E-state index in [1.165, 1.54) is 22.5 Å². The number of para-hydroxylation sites is 1. The Bertz CT molecular complexity index is 792. The van der Waals surface area contributed by atoms with Gasteiger partial charge in [0, 0.05) is 35.9 Å². The van der Waals surface area contributed by atoms with Crippen LogP contribution in [0.2, 0.25) is 0 Å². The fourth-order valence-electron chi connectivity index (χ4n) is 3.25. The average molecular weight is 318 g/mol. The van der Waals surface area contributed by atoms with Crippen molar-refractivity contribution in [3.8, 4) is 5.69 Å². The number of nitrogens with zero attached hydrogens (tertiary/aromatic N) is 2. The van der Waals surface area contributed by atoms with Gasteiger partial charge in [-0.15, -0.1) is 0 Å². The van der Waals surface area contributed by atoms with E-state index in [1.54, 1.807) is 0 Å². The molecule has 0 unspecified atom stereocenters. The summed E-state index contributed by atoms with van der Waals surface area (Å²) in [5.41, 5.74) is 4.94. The van der Waals surface area contributed by atoms with Crippen molar-refractivity contribution < 1.29 is 4.74 Å². The molecule has 4 rings (SSSR count). The first-order valence-corrected chi connectivity index (χ1v) is 8.55. The molecule has 122 valence electrons. The van der Waals surface area contributed by atoms with Crippen molar-refractivity contribution >= 4 is 5.69 Å². The summed E-state index contributed by atoms with van der Waals surface area (Å²) in [5.74, 6) is 0. The number of anilines is 1. The summed E-state index contributed by atoms with van der Waals surface area (Å²) in [5, 5.41) is 0. The smallest absolute Gasteiger partial charge is 0.158 e. The summed E-state index contributed by atoms with van der Waals surface area (Å²) in [6.07, 6.45) is 5.34. The molecule has 1 fully saturated rings. The molecule has 1 saturated heterocycles. The first-order chi connectivity index (χ1) is 11.8. The lowest BCUT2D eigenvalue weighted by atomic mass is 10.1. The van der Waals surface area contributed by atoms with Gasteiger partial charge in [0.1, 0.15) is 0 Å². The minimum Gasteiger partial charge on any atom is -0.352 e. The average Bonchev–Trinajstić information content (AvgIpc) is 3.32. The molecule has 0 radical (unpaired) electrons. The van der Waals surface area contributed by atoms with Gasteiger partial charge in [-0.25, -0.2) is 0 Å². The van der Waals surface area contributed by atoms with Gasteiger partial charge in [-0.3, -0.25) is 0 Å². The normalized spacial score (nSPS) is 17.4. The Morgan fingerprint density at radius 2 is 1.75 bits per heavy atom. The van der Waals surface area contributed by atoms with Crippen molar-refractivity contribution in [3.63, 3.8) is 0 Å². The third-order valence-corrected chi connectivity index (χ3v) is 4.62. The summed E-state index contributed by atoms with van der Waals surface area (Å²) in [6.45, 7) is 3.86. The number of aromatic nitrogens is 1. The van der Waals surface area contributed by atoms with Crippen LogP contribution < -0.4 is 4.90 Å². The van der Waals surface area contributed by atoms with E-state index in [0.29, 0.717) is 0 Å². The molecular formula is C21H22N2O. The van der Waals surface area contributed by atoms with Crippen LogP contribution in [0.5, 0.6) is 0 Å². The Hall–Kier alpha value is -2.52. The summed E-state index contributed by atoms with van der Waals surface area (Å²) in [4.78, 5) is 2.32. The fraction of sp³-hybridized carbons (Fsp3) is 0.238. The van der Waals surface area contributed by atoms with Crippen LogP contribution in [-0.4, -0.2) is 17.7 Å². The maximum atomic E-state index is 6.00. The highest BCUT2D eigenvalue weighted by molar-refractivity contribution is 5.49. The molecule has 0 aliphatic carbocycles. The Kier molecular flexibility index (Phi) is 4.09. The molecule has 1 aliphatic heterocycles. The maximum Gasteiger partial charge on any atom is 0.158 e. The monoisotopic (exact) mass is 318 g/mol. The number of aryl methyl sites for hydroxylation is 1. The van der Waals surface area contributed by atoms with E-state index in [4.69, 9.17) is 4.74 Å². The molecular weight excluding hydrogens is 296 g/mol. The van der Waals surface area contributed by atoms with Crippen molar-refractivity contribution in [1.29, 1.82) is 0 Å². The molecule has 1 aromatic heterocycles. The summed E-state index contributed by atoms with van der Waals surface area (Å²) < 4.78 is 8.17. The third-order valence-electron chi connectivity index (χ3n) is 4.62. The van der Waals surface area contributed by atoms with Crippen molar-refractivity contribution in [2.24, 2.45) is 0 Å². The second-order valence-electron chi connectivity index (χ2n) is 6.12. The second-order valence-corrected chi connectivity index (χ2v) is 6.12. The van der Waals surface area contributed by atoms with Gasteiger partial charge >= 0.3 is 0 Å². The van der Waals surface area contributed by atoms with E-state index in [-0.39, 0.29) is 6.23 Å². The Balaban J connectivity index is 1.59. The fourth-order valence-corrected chi connectivity index (χ4v) is 3.25.